The predicted octanol–water partition coefficient (Wildman–Crippen LogP) is 3.38. The first kappa shape index (κ1) is 14.9. The molecule has 0 aliphatic rings. The molecule has 0 amide bonds. The van der Waals surface area contributed by atoms with Crippen LogP contribution in [0.25, 0.3) is 0 Å². The Morgan fingerprint density at radius 2 is 2.24 bits per heavy atom. The Hall–Kier alpha value is -2.48. The highest BCUT2D eigenvalue weighted by molar-refractivity contribution is 7.14. The zero-order valence-corrected chi connectivity index (χ0v) is 11.6. The molecule has 0 saturated carbocycles. The van der Waals surface area contributed by atoms with Gasteiger partial charge < -0.3 is 9.84 Å². The van der Waals surface area contributed by atoms with Crippen LogP contribution in [0.2, 0.25) is 0 Å². The van der Waals surface area contributed by atoms with Crippen LogP contribution in [-0.2, 0) is 6.61 Å². The van der Waals surface area contributed by atoms with Crippen molar-refractivity contribution in [2.24, 2.45) is 0 Å². The second kappa shape index (κ2) is 5.88. The van der Waals surface area contributed by atoms with Crippen molar-refractivity contribution in [3.63, 3.8) is 0 Å². The van der Waals surface area contributed by atoms with Crippen molar-refractivity contribution in [1.29, 1.82) is 0 Å². The Bertz CT molecular complexity index is 713. The van der Waals surface area contributed by atoms with Crippen molar-refractivity contribution in [2.75, 3.05) is 0 Å². The van der Waals surface area contributed by atoms with Crippen molar-refractivity contribution in [3.05, 3.63) is 55.5 Å². The Kier molecular flexibility index (Phi) is 4.18. The number of benzene rings is 1. The minimum atomic E-state index is -1.06. The van der Waals surface area contributed by atoms with Crippen molar-refractivity contribution in [3.8, 4) is 5.75 Å². The number of aryl methyl sites for hydroxylation is 1. The van der Waals surface area contributed by atoms with Gasteiger partial charge in [0.15, 0.2) is 5.82 Å². The molecule has 0 bridgehead atoms. The van der Waals surface area contributed by atoms with Gasteiger partial charge in [-0.15, -0.1) is 11.3 Å². The first-order chi connectivity index (χ1) is 9.90. The summed E-state index contributed by atoms with van der Waals surface area (Å²) in [5, 5.41) is 19.7. The van der Waals surface area contributed by atoms with Gasteiger partial charge >= 0.3 is 11.7 Å². The molecule has 1 aromatic heterocycles. The van der Waals surface area contributed by atoms with Gasteiger partial charge in [0.1, 0.15) is 11.5 Å². The van der Waals surface area contributed by atoms with E-state index in [1.165, 1.54) is 12.1 Å². The van der Waals surface area contributed by atoms with Crippen LogP contribution in [0.1, 0.15) is 20.1 Å². The molecule has 2 aromatic rings. The molecule has 1 heterocycles. The van der Waals surface area contributed by atoms with Gasteiger partial charge in [-0.3, -0.25) is 10.1 Å². The van der Waals surface area contributed by atoms with Gasteiger partial charge in [0, 0.05) is 16.5 Å². The predicted molar refractivity (Wildman–Crippen MR) is 73.4 cm³/mol. The highest BCUT2D eigenvalue weighted by atomic mass is 32.1. The number of halogens is 1. The summed E-state index contributed by atoms with van der Waals surface area (Å²) in [6.07, 6.45) is 0. The molecule has 110 valence electrons. The number of nitrogens with zero attached hydrogens (tertiary/aromatic N) is 1. The number of para-hydroxylation sites is 1. The molecule has 1 aromatic carbocycles. The minimum Gasteiger partial charge on any atom is -0.480 e. The SMILES string of the molecule is Cc1sc(C(=O)O)cc1COc1c(F)cccc1[N+](=O)[O-]. The average Bonchev–Trinajstić information content (AvgIpc) is 2.78. The fourth-order valence-corrected chi connectivity index (χ4v) is 2.57. The molecule has 0 spiro atoms. The topological polar surface area (TPSA) is 89.7 Å². The summed E-state index contributed by atoms with van der Waals surface area (Å²) in [4.78, 5) is 21.8. The van der Waals surface area contributed by atoms with Crippen LogP contribution in [-0.4, -0.2) is 16.0 Å². The van der Waals surface area contributed by atoms with E-state index in [9.17, 15) is 19.3 Å². The fraction of sp³-hybridized carbons (Fsp3) is 0.154. The molecule has 0 radical (unpaired) electrons. The van der Waals surface area contributed by atoms with E-state index in [2.05, 4.69) is 0 Å². The van der Waals surface area contributed by atoms with Gasteiger partial charge in [-0.25, -0.2) is 9.18 Å². The average molecular weight is 311 g/mol. The summed E-state index contributed by atoms with van der Waals surface area (Å²) in [5.41, 5.74) is 0.0799. The van der Waals surface area contributed by atoms with E-state index in [0.717, 1.165) is 23.5 Å². The van der Waals surface area contributed by atoms with Crippen LogP contribution in [0.5, 0.6) is 5.75 Å². The monoisotopic (exact) mass is 311 g/mol. The molecule has 8 heteroatoms. The Morgan fingerprint density at radius 3 is 2.81 bits per heavy atom. The molecule has 0 aliphatic carbocycles. The standard InChI is InChI=1S/C13H10FNO5S/c1-7-8(5-11(21-7)13(16)17)6-20-12-9(14)3-2-4-10(12)15(18)19/h2-5H,6H2,1H3,(H,16,17). The molecule has 0 atom stereocenters. The summed E-state index contributed by atoms with van der Waals surface area (Å²) in [7, 11) is 0. The first-order valence-corrected chi connectivity index (χ1v) is 6.60. The maximum absolute atomic E-state index is 13.6. The number of ether oxygens (including phenoxy) is 1. The molecule has 0 unspecified atom stereocenters. The molecule has 0 saturated heterocycles. The number of hydrogen-bond donors (Lipinski definition) is 1. The third-order valence-corrected chi connectivity index (χ3v) is 3.83. The van der Waals surface area contributed by atoms with Gasteiger partial charge in [-0.2, -0.15) is 0 Å². The van der Waals surface area contributed by atoms with E-state index in [4.69, 9.17) is 9.84 Å². The smallest absolute Gasteiger partial charge is 0.345 e. The summed E-state index contributed by atoms with van der Waals surface area (Å²) < 4.78 is 18.8. The molecule has 1 N–H and O–H groups in total. The third kappa shape index (κ3) is 3.16. The lowest BCUT2D eigenvalue weighted by Crippen LogP contribution is -2.01. The van der Waals surface area contributed by atoms with Gasteiger partial charge in [0.2, 0.25) is 5.75 Å². The molecule has 6 nitrogen and oxygen atoms in total. The number of carbonyl (C=O) groups is 1. The quantitative estimate of drug-likeness (QED) is 0.675. The number of nitro benzene ring substituents is 1. The lowest BCUT2D eigenvalue weighted by Gasteiger charge is -2.07. The van der Waals surface area contributed by atoms with E-state index < -0.39 is 28.1 Å². The first-order valence-electron chi connectivity index (χ1n) is 5.78. The number of nitro groups is 1. The molecule has 21 heavy (non-hydrogen) atoms. The Morgan fingerprint density at radius 1 is 1.52 bits per heavy atom. The molecule has 0 fully saturated rings. The second-order valence-electron chi connectivity index (χ2n) is 4.13. The van der Waals surface area contributed by atoms with Crippen LogP contribution in [0.3, 0.4) is 0 Å². The lowest BCUT2D eigenvalue weighted by molar-refractivity contribution is -0.386. The molecule has 2 rings (SSSR count). The van der Waals surface area contributed by atoms with Crippen LogP contribution in [0, 0.1) is 22.9 Å². The van der Waals surface area contributed by atoms with Crippen molar-refractivity contribution < 1.29 is 24.0 Å². The van der Waals surface area contributed by atoms with Crippen molar-refractivity contribution in [1.82, 2.24) is 0 Å². The molecular weight excluding hydrogens is 301 g/mol. The van der Waals surface area contributed by atoms with E-state index in [1.54, 1.807) is 6.92 Å². The zero-order valence-electron chi connectivity index (χ0n) is 10.8. The fourth-order valence-electron chi connectivity index (χ4n) is 1.70. The van der Waals surface area contributed by atoms with Gasteiger partial charge in [-0.1, -0.05) is 6.07 Å². The number of carboxylic acids is 1. The van der Waals surface area contributed by atoms with Gasteiger partial charge in [-0.05, 0) is 19.1 Å². The number of hydrogen-bond acceptors (Lipinski definition) is 5. The lowest BCUT2D eigenvalue weighted by atomic mass is 10.2. The number of rotatable bonds is 5. The summed E-state index contributed by atoms with van der Waals surface area (Å²) in [5.74, 6) is -2.35. The number of aromatic carboxylic acids is 1. The minimum absolute atomic E-state index is 0.133. The van der Waals surface area contributed by atoms with E-state index >= 15 is 0 Å². The van der Waals surface area contributed by atoms with Gasteiger partial charge in [0.25, 0.3) is 0 Å². The van der Waals surface area contributed by atoms with Crippen LogP contribution < -0.4 is 4.74 Å². The summed E-state index contributed by atoms with van der Waals surface area (Å²) in [6, 6.07) is 4.83. The highest BCUT2D eigenvalue weighted by Gasteiger charge is 2.20. The van der Waals surface area contributed by atoms with E-state index in [1.807, 2.05) is 0 Å². The zero-order chi connectivity index (χ0) is 15.6. The van der Waals surface area contributed by atoms with Gasteiger partial charge in [0.05, 0.1) is 4.92 Å². The normalized spacial score (nSPS) is 10.4. The summed E-state index contributed by atoms with van der Waals surface area (Å²) in [6.45, 7) is 1.56. The Balaban J connectivity index is 2.24. The highest BCUT2D eigenvalue weighted by Crippen LogP contribution is 2.31. The maximum Gasteiger partial charge on any atom is 0.345 e. The van der Waals surface area contributed by atoms with E-state index in [0.29, 0.717) is 10.4 Å². The van der Waals surface area contributed by atoms with Crippen LogP contribution in [0.4, 0.5) is 10.1 Å². The maximum atomic E-state index is 13.6. The molecule has 0 aliphatic heterocycles. The molecular formula is C13H10FNO5S. The Labute approximate surface area is 122 Å². The third-order valence-electron chi connectivity index (χ3n) is 2.75. The van der Waals surface area contributed by atoms with Crippen LogP contribution in [0.15, 0.2) is 24.3 Å². The summed E-state index contributed by atoms with van der Waals surface area (Å²) >= 11 is 1.07. The number of carboxylic acid groups (broad SMARTS) is 1. The van der Waals surface area contributed by atoms with Crippen molar-refractivity contribution in [2.45, 2.75) is 13.5 Å². The largest absolute Gasteiger partial charge is 0.480 e. The van der Waals surface area contributed by atoms with Crippen LogP contribution >= 0.6 is 11.3 Å². The second-order valence-corrected chi connectivity index (χ2v) is 5.39. The number of thiophene rings is 1. The van der Waals surface area contributed by atoms with E-state index in [-0.39, 0.29) is 11.5 Å². The van der Waals surface area contributed by atoms with Crippen molar-refractivity contribution >= 4 is 23.0 Å².